The molecule has 0 aromatic rings. The summed E-state index contributed by atoms with van der Waals surface area (Å²) in [7, 11) is 0. The zero-order chi connectivity index (χ0) is 14.8. The number of hydrogen-bond donors (Lipinski definition) is 1. The summed E-state index contributed by atoms with van der Waals surface area (Å²) in [6.45, 7) is 4.43. The van der Waals surface area contributed by atoms with E-state index in [9.17, 15) is 9.59 Å². The lowest BCUT2D eigenvalue weighted by Gasteiger charge is -2.21. The van der Waals surface area contributed by atoms with Crippen LogP contribution in [0.3, 0.4) is 0 Å². The highest BCUT2D eigenvalue weighted by Crippen LogP contribution is 2.30. The lowest BCUT2D eigenvalue weighted by Crippen LogP contribution is -2.26. The molecule has 20 heavy (non-hydrogen) atoms. The highest BCUT2D eigenvalue weighted by atomic mass is 16.2. The van der Waals surface area contributed by atoms with Crippen LogP contribution in [0, 0.1) is 11.8 Å². The number of carbonyl (C=O) groups is 2. The minimum atomic E-state index is -0.0767. The number of unbranched alkanes of at least 4 members (excludes halogenated alkanes) is 6. The molecule has 2 amide bonds. The van der Waals surface area contributed by atoms with Crippen LogP contribution in [0.1, 0.15) is 84.5 Å². The second-order valence-corrected chi connectivity index (χ2v) is 6.18. The van der Waals surface area contributed by atoms with E-state index >= 15 is 0 Å². The van der Waals surface area contributed by atoms with Gasteiger partial charge in [-0.25, -0.2) is 0 Å². The average molecular weight is 281 g/mol. The SMILES string of the molecule is CCCCCCC(CCCCCC)C1CC(=O)NC1=O. The Morgan fingerprint density at radius 3 is 1.90 bits per heavy atom. The molecular formula is C17H31NO2. The van der Waals surface area contributed by atoms with Gasteiger partial charge in [-0.3, -0.25) is 14.9 Å². The Kier molecular flexibility index (Phi) is 8.56. The molecule has 1 N–H and O–H groups in total. The van der Waals surface area contributed by atoms with Crippen molar-refractivity contribution in [3.8, 4) is 0 Å². The first kappa shape index (κ1) is 17.2. The van der Waals surface area contributed by atoms with Crippen LogP contribution in [0.15, 0.2) is 0 Å². The maximum atomic E-state index is 11.9. The van der Waals surface area contributed by atoms with Crippen molar-refractivity contribution in [2.24, 2.45) is 11.8 Å². The molecule has 116 valence electrons. The van der Waals surface area contributed by atoms with Crippen molar-refractivity contribution in [2.45, 2.75) is 84.5 Å². The van der Waals surface area contributed by atoms with E-state index in [2.05, 4.69) is 19.2 Å². The van der Waals surface area contributed by atoms with Gasteiger partial charge in [-0.1, -0.05) is 65.2 Å². The van der Waals surface area contributed by atoms with Crippen molar-refractivity contribution in [3.63, 3.8) is 0 Å². The van der Waals surface area contributed by atoms with Gasteiger partial charge in [0.1, 0.15) is 0 Å². The third-order valence-corrected chi connectivity index (χ3v) is 4.43. The molecule has 0 aliphatic carbocycles. The molecule has 1 fully saturated rings. The van der Waals surface area contributed by atoms with Crippen molar-refractivity contribution in [3.05, 3.63) is 0 Å². The van der Waals surface area contributed by atoms with Crippen LogP contribution >= 0.6 is 0 Å². The molecule has 1 aliphatic rings. The van der Waals surface area contributed by atoms with E-state index in [1.165, 1.54) is 51.4 Å². The Bertz CT molecular complexity index is 289. The standard InChI is InChI=1S/C17H31NO2/c1-3-5-7-9-11-14(12-10-8-6-4-2)15-13-16(19)18-17(15)20/h14-15H,3-13H2,1-2H3,(H,18,19,20). The Labute approximate surface area is 123 Å². The summed E-state index contributed by atoms with van der Waals surface area (Å²) in [4.78, 5) is 23.3. The van der Waals surface area contributed by atoms with E-state index in [0.29, 0.717) is 12.3 Å². The lowest BCUT2D eigenvalue weighted by molar-refractivity contribution is -0.126. The fourth-order valence-corrected chi connectivity index (χ4v) is 3.17. The van der Waals surface area contributed by atoms with Gasteiger partial charge in [-0.15, -0.1) is 0 Å². The molecule has 0 aromatic carbocycles. The number of nitrogens with one attached hydrogen (secondary N) is 1. The summed E-state index contributed by atoms with van der Waals surface area (Å²) >= 11 is 0. The molecule has 0 aromatic heterocycles. The summed E-state index contributed by atoms with van der Waals surface area (Å²) < 4.78 is 0. The molecule has 1 rings (SSSR count). The van der Waals surface area contributed by atoms with Gasteiger partial charge in [-0.2, -0.15) is 0 Å². The van der Waals surface area contributed by atoms with Crippen LogP contribution in [0.5, 0.6) is 0 Å². The number of hydrogen-bond acceptors (Lipinski definition) is 2. The van der Waals surface area contributed by atoms with E-state index in [0.717, 1.165) is 12.8 Å². The fraction of sp³-hybridized carbons (Fsp3) is 0.882. The van der Waals surface area contributed by atoms with Crippen LogP contribution in [0.4, 0.5) is 0 Å². The Hall–Kier alpha value is -0.860. The quantitative estimate of drug-likeness (QED) is 0.455. The lowest BCUT2D eigenvalue weighted by atomic mass is 9.82. The minimum Gasteiger partial charge on any atom is -0.296 e. The first-order valence-corrected chi connectivity index (χ1v) is 8.52. The molecule has 1 aliphatic heterocycles. The molecule has 3 heteroatoms. The Morgan fingerprint density at radius 2 is 1.50 bits per heavy atom. The number of carbonyl (C=O) groups excluding carboxylic acids is 2. The molecule has 0 saturated carbocycles. The summed E-state index contributed by atoms with van der Waals surface area (Å²) in [5.41, 5.74) is 0. The van der Waals surface area contributed by atoms with E-state index < -0.39 is 0 Å². The highest BCUT2D eigenvalue weighted by Gasteiger charge is 2.35. The van der Waals surface area contributed by atoms with Gasteiger partial charge in [0.2, 0.25) is 11.8 Å². The first-order valence-electron chi connectivity index (χ1n) is 8.52. The molecule has 1 heterocycles. The van der Waals surface area contributed by atoms with E-state index in [1.807, 2.05) is 0 Å². The monoisotopic (exact) mass is 281 g/mol. The summed E-state index contributed by atoms with van der Waals surface area (Å²) in [5.74, 6) is 0.263. The predicted molar refractivity (Wildman–Crippen MR) is 82.3 cm³/mol. The van der Waals surface area contributed by atoms with Crippen LogP contribution < -0.4 is 5.32 Å². The van der Waals surface area contributed by atoms with Crippen LogP contribution in [0.2, 0.25) is 0 Å². The maximum Gasteiger partial charge on any atom is 0.230 e. The van der Waals surface area contributed by atoms with Gasteiger partial charge in [0.05, 0.1) is 0 Å². The molecule has 1 atom stereocenters. The van der Waals surface area contributed by atoms with Gasteiger partial charge >= 0.3 is 0 Å². The average Bonchev–Trinajstić information content (AvgIpc) is 2.76. The zero-order valence-electron chi connectivity index (χ0n) is 13.2. The second-order valence-electron chi connectivity index (χ2n) is 6.18. The Morgan fingerprint density at radius 1 is 0.950 bits per heavy atom. The van der Waals surface area contributed by atoms with Crippen molar-refractivity contribution < 1.29 is 9.59 Å². The summed E-state index contributed by atoms with van der Waals surface area (Å²) in [6, 6.07) is 0. The minimum absolute atomic E-state index is 0.0222. The van der Waals surface area contributed by atoms with Gasteiger partial charge in [0, 0.05) is 12.3 Å². The van der Waals surface area contributed by atoms with Crippen LogP contribution in [-0.4, -0.2) is 11.8 Å². The summed E-state index contributed by atoms with van der Waals surface area (Å²) in [5, 5.41) is 2.47. The zero-order valence-corrected chi connectivity index (χ0v) is 13.2. The molecule has 1 saturated heterocycles. The van der Waals surface area contributed by atoms with Crippen LogP contribution in [-0.2, 0) is 9.59 Å². The molecule has 1 unspecified atom stereocenters. The van der Waals surface area contributed by atoms with E-state index in [1.54, 1.807) is 0 Å². The third kappa shape index (κ3) is 6.06. The predicted octanol–water partition coefficient (Wildman–Crippen LogP) is 4.21. The summed E-state index contributed by atoms with van der Waals surface area (Å²) in [6.07, 6.45) is 12.6. The highest BCUT2D eigenvalue weighted by molar-refractivity contribution is 6.03. The van der Waals surface area contributed by atoms with Gasteiger partial charge in [0.25, 0.3) is 0 Å². The van der Waals surface area contributed by atoms with Crippen molar-refractivity contribution >= 4 is 11.8 Å². The maximum absolute atomic E-state index is 11.9. The molecule has 0 bridgehead atoms. The van der Waals surface area contributed by atoms with Gasteiger partial charge in [0.15, 0.2) is 0 Å². The largest absolute Gasteiger partial charge is 0.296 e. The van der Waals surface area contributed by atoms with E-state index in [-0.39, 0.29) is 17.7 Å². The second kappa shape index (κ2) is 9.95. The molecule has 3 nitrogen and oxygen atoms in total. The first-order chi connectivity index (χ1) is 9.69. The topological polar surface area (TPSA) is 46.2 Å². The molecule has 0 spiro atoms. The van der Waals surface area contributed by atoms with Crippen molar-refractivity contribution in [2.75, 3.05) is 0 Å². The van der Waals surface area contributed by atoms with Gasteiger partial charge < -0.3 is 0 Å². The van der Waals surface area contributed by atoms with Crippen molar-refractivity contribution in [1.29, 1.82) is 0 Å². The normalized spacial score (nSPS) is 18.9. The van der Waals surface area contributed by atoms with Crippen molar-refractivity contribution in [1.82, 2.24) is 5.32 Å². The smallest absolute Gasteiger partial charge is 0.230 e. The third-order valence-electron chi connectivity index (χ3n) is 4.43. The number of rotatable bonds is 11. The molecule has 0 radical (unpaired) electrons. The Balaban J connectivity index is 2.41. The fourth-order valence-electron chi connectivity index (χ4n) is 3.17. The van der Waals surface area contributed by atoms with Crippen LogP contribution in [0.25, 0.3) is 0 Å². The number of amides is 2. The van der Waals surface area contributed by atoms with E-state index in [4.69, 9.17) is 0 Å². The van der Waals surface area contributed by atoms with Gasteiger partial charge in [-0.05, 0) is 18.8 Å². The number of imide groups is 1. The molecular weight excluding hydrogens is 250 g/mol.